The molecule has 3 rings (SSSR count). The Labute approximate surface area is 123 Å². The van der Waals surface area contributed by atoms with Crippen LogP contribution in [0.5, 0.6) is 0 Å². The monoisotopic (exact) mass is 289 g/mol. The molecule has 106 valence electrons. The van der Waals surface area contributed by atoms with Crippen molar-refractivity contribution in [1.29, 1.82) is 0 Å². The summed E-state index contributed by atoms with van der Waals surface area (Å²) in [5.74, 6) is 1.85. The van der Waals surface area contributed by atoms with Gasteiger partial charge in [-0.15, -0.1) is 22.0 Å². The average Bonchev–Trinajstić information content (AvgIpc) is 3.01. The van der Waals surface area contributed by atoms with Crippen molar-refractivity contribution in [3.63, 3.8) is 0 Å². The van der Waals surface area contributed by atoms with Gasteiger partial charge in [0.2, 0.25) is 0 Å². The molecule has 0 aliphatic carbocycles. The molecule has 0 spiro atoms. The summed E-state index contributed by atoms with van der Waals surface area (Å²) in [5.41, 5.74) is 0. The van der Waals surface area contributed by atoms with Crippen LogP contribution in [0.4, 0.5) is 0 Å². The minimum absolute atomic E-state index is 0.668. The van der Waals surface area contributed by atoms with Gasteiger partial charge in [0.15, 0.2) is 5.82 Å². The standard InChI is InChI=1S/C14H19N5S/c1-18-9-3-2-5-12(18)11-20-14-7-6-13(16-17-14)19-10-4-8-15-19/h4,6-8,10,12H,2-3,5,9,11H2,1H3. The van der Waals surface area contributed by atoms with Gasteiger partial charge >= 0.3 is 0 Å². The summed E-state index contributed by atoms with van der Waals surface area (Å²) in [6.45, 7) is 1.22. The van der Waals surface area contributed by atoms with Crippen molar-refractivity contribution >= 4 is 11.8 Å². The molecule has 0 saturated carbocycles. The first kappa shape index (κ1) is 13.6. The van der Waals surface area contributed by atoms with E-state index in [0.717, 1.165) is 16.6 Å². The number of aromatic nitrogens is 4. The molecule has 0 N–H and O–H groups in total. The van der Waals surface area contributed by atoms with Gasteiger partial charge in [-0.05, 0) is 44.6 Å². The summed E-state index contributed by atoms with van der Waals surface area (Å²) in [6, 6.07) is 6.54. The van der Waals surface area contributed by atoms with Crippen molar-refractivity contribution in [3.05, 3.63) is 30.6 Å². The summed E-state index contributed by atoms with van der Waals surface area (Å²) < 4.78 is 1.72. The number of piperidine rings is 1. The van der Waals surface area contributed by atoms with E-state index in [2.05, 4.69) is 27.2 Å². The molecule has 1 aliphatic heterocycles. The fourth-order valence-corrected chi connectivity index (χ4v) is 3.50. The Balaban J connectivity index is 1.58. The first-order chi connectivity index (χ1) is 9.83. The lowest BCUT2D eigenvalue weighted by Crippen LogP contribution is -2.37. The molecule has 0 aromatic carbocycles. The van der Waals surface area contributed by atoms with E-state index in [1.54, 1.807) is 22.6 Å². The largest absolute Gasteiger partial charge is 0.303 e. The van der Waals surface area contributed by atoms with Crippen LogP contribution >= 0.6 is 11.8 Å². The minimum Gasteiger partial charge on any atom is -0.303 e. The van der Waals surface area contributed by atoms with Crippen LogP contribution in [0.1, 0.15) is 19.3 Å². The smallest absolute Gasteiger partial charge is 0.175 e. The van der Waals surface area contributed by atoms with Crippen LogP contribution in [0.15, 0.2) is 35.6 Å². The van der Waals surface area contributed by atoms with Crippen molar-refractivity contribution < 1.29 is 0 Å². The number of hydrogen-bond acceptors (Lipinski definition) is 5. The zero-order chi connectivity index (χ0) is 13.8. The highest BCUT2D eigenvalue weighted by Gasteiger charge is 2.19. The Bertz CT molecular complexity index is 525. The van der Waals surface area contributed by atoms with E-state index in [4.69, 9.17) is 0 Å². The predicted octanol–water partition coefficient (Wildman–Crippen LogP) is 2.24. The highest BCUT2D eigenvalue weighted by atomic mass is 32.2. The SMILES string of the molecule is CN1CCCCC1CSc1ccc(-n2cccn2)nn1. The Morgan fingerprint density at radius 3 is 2.95 bits per heavy atom. The van der Waals surface area contributed by atoms with Crippen molar-refractivity contribution in [2.75, 3.05) is 19.3 Å². The third kappa shape index (κ3) is 3.19. The van der Waals surface area contributed by atoms with Gasteiger partial charge in [0, 0.05) is 24.2 Å². The van der Waals surface area contributed by atoms with Gasteiger partial charge in [0.25, 0.3) is 0 Å². The molecule has 2 aromatic rings. The van der Waals surface area contributed by atoms with E-state index in [9.17, 15) is 0 Å². The van der Waals surface area contributed by atoms with Gasteiger partial charge in [0.05, 0.1) is 0 Å². The van der Waals surface area contributed by atoms with E-state index >= 15 is 0 Å². The Morgan fingerprint density at radius 1 is 1.30 bits per heavy atom. The lowest BCUT2D eigenvalue weighted by atomic mass is 10.1. The van der Waals surface area contributed by atoms with E-state index in [1.165, 1.54) is 25.8 Å². The zero-order valence-corrected chi connectivity index (χ0v) is 12.5. The molecule has 0 amide bonds. The second-order valence-corrected chi connectivity index (χ2v) is 6.16. The fraction of sp³-hybridized carbons (Fsp3) is 0.500. The highest BCUT2D eigenvalue weighted by molar-refractivity contribution is 7.99. The molecule has 5 nitrogen and oxygen atoms in total. The summed E-state index contributed by atoms with van der Waals surface area (Å²) >= 11 is 1.79. The molecule has 0 radical (unpaired) electrons. The van der Waals surface area contributed by atoms with Gasteiger partial charge in [0.1, 0.15) is 5.03 Å². The molecule has 1 aliphatic rings. The van der Waals surface area contributed by atoms with Crippen LogP contribution in [0.2, 0.25) is 0 Å². The number of thioether (sulfide) groups is 1. The van der Waals surface area contributed by atoms with Crippen LogP contribution in [0, 0.1) is 0 Å². The van der Waals surface area contributed by atoms with E-state index in [1.807, 2.05) is 24.4 Å². The Hall–Kier alpha value is -1.40. The Morgan fingerprint density at radius 2 is 2.25 bits per heavy atom. The third-order valence-corrected chi connectivity index (χ3v) is 4.78. The predicted molar refractivity (Wildman–Crippen MR) is 80.1 cm³/mol. The molecule has 1 saturated heterocycles. The molecule has 1 atom stereocenters. The highest BCUT2D eigenvalue weighted by Crippen LogP contribution is 2.23. The molecule has 20 heavy (non-hydrogen) atoms. The van der Waals surface area contributed by atoms with Crippen molar-refractivity contribution in [1.82, 2.24) is 24.9 Å². The maximum atomic E-state index is 4.28. The van der Waals surface area contributed by atoms with E-state index < -0.39 is 0 Å². The molecule has 6 heteroatoms. The number of likely N-dealkylation sites (tertiary alicyclic amines) is 1. The van der Waals surface area contributed by atoms with Gasteiger partial charge in [-0.1, -0.05) is 6.42 Å². The van der Waals surface area contributed by atoms with Crippen LogP contribution in [-0.2, 0) is 0 Å². The van der Waals surface area contributed by atoms with Crippen LogP contribution in [0.25, 0.3) is 5.82 Å². The van der Waals surface area contributed by atoms with Gasteiger partial charge in [-0.3, -0.25) is 0 Å². The molecular formula is C14H19N5S. The minimum atomic E-state index is 0.668. The number of rotatable bonds is 4. The zero-order valence-electron chi connectivity index (χ0n) is 11.6. The first-order valence-corrected chi connectivity index (χ1v) is 7.98. The van der Waals surface area contributed by atoms with Crippen LogP contribution in [-0.4, -0.2) is 50.3 Å². The molecule has 0 bridgehead atoms. The maximum absolute atomic E-state index is 4.28. The fourth-order valence-electron chi connectivity index (χ4n) is 2.45. The molecule has 1 fully saturated rings. The summed E-state index contributed by atoms with van der Waals surface area (Å²) in [6.07, 6.45) is 7.58. The summed E-state index contributed by atoms with van der Waals surface area (Å²) in [5, 5.41) is 13.6. The molecule has 2 aromatic heterocycles. The van der Waals surface area contributed by atoms with Crippen molar-refractivity contribution in [3.8, 4) is 5.82 Å². The topological polar surface area (TPSA) is 46.8 Å². The van der Waals surface area contributed by atoms with Crippen molar-refractivity contribution in [2.24, 2.45) is 0 Å². The number of nitrogens with zero attached hydrogens (tertiary/aromatic N) is 5. The summed E-state index contributed by atoms with van der Waals surface area (Å²) in [4.78, 5) is 2.46. The van der Waals surface area contributed by atoms with Crippen LogP contribution in [0.3, 0.4) is 0 Å². The van der Waals surface area contributed by atoms with Gasteiger partial charge in [-0.2, -0.15) is 5.10 Å². The average molecular weight is 289 g/mol. The molecule has 3 heterocycles. The first-order valence-electron chi connectivity index (χ1n) is 7.00. The lowest BCUT2D eigenvalue weighted by Gasteiger charge is -2.31. The normalized spacial score (nSPS) is 20.1. The van der Waals surface area contributed by atoms with Crippen LogP contribution < -0.4 is 0 Å². The second kappa shape index (κ2) is 6.37. The molecular weight excluding hydrogens is 270 g/mol. The van der Waals surface area contributed by atoms with Gasteiger partial charge in [-0.25, -0.2) is 4.68 Å². The van der Waals surface area contributed by atoms with E-state index in [-0.39, 0.29) is 0 Å². The maximum Gasteiger partial charge on any atom is 0.175 e. The third-order valence-electron chi connectivity index (χ3n) is 3.71. The van der Waals surface area contributed by atoms with Crippen molar-refractivity contribution in [2.45, 2.75) is 30.3 Å². The summed E-state index contributed by atoms with van der Waals surface area (Å²) in [7, 11) is 2.22. The number of hydrogen-bond donors (Lipinski definition) is 0. The second-order valence-electron chi connectivity index (χ2n) is 5.12. The van der Waals surface area contributed by atoms with Gasteiger partial charge < -0.3 is 4.90 Å². The lowest BCUT2D eigenvalue weighted by molar-refractivity contribution is 0.204. The van der Waals surface area contributed by atoms with E-state index in [0.29, 0.717) is 6.04 Å². The quantitative estimate of drug-likeness (QED) is 0.808. The Kier molecular flexibility index (Phi) is 4.32. The molecule has 1 unspecified atom stereocenters.